The number of piperidine rings is 1. The molecule has 0 saturated carbocycles. The number of H-pyrrole nitrogens is 1. The van der Waals surface area contributed by atoms with Gasteiger partial charge in [-0.2, -0.15) is 0 Å². The molecule has 1 aromatic heterocycles. The molecule has 2 heterocycles. The topological polar surface area (TPSA) is 75.0 Å². The van der Waals surface area contributed by atoms with Gasteiger partial charge in [0.05, 0.1) is 0 Å². The zero-order valence-electron chi connectivity index (χ0n) is 9.68. The molecule has 5 nitrogen and oxygen atoms in total. The van der Waals surface area contributed by atoms with Gasteiger partial charge >= 0.3 is 0 Å². The van der Waals surface area contributed by atoms with E-state index in [0.717, 1.165) is 31.6 Å². The van der Waals surface area contributed by atoms with E-state index in [1.54, 1.807) is 0 Å². The number of halogens is 2. The lowest BCUT2D eigenvalue weighted by atomic mass is 10.1. The Labute approximate surface area is 113 Å². The van der Waals surface area contributed by atoms with Gasteiger partial charge in [-0.25, -0.2) is 4.98 Å². The number of nitrogens with two attached hydrogens (primary N) is 1. The molecule has 17 heavy (non-hydrogen) atoms. The lowest BCUT2D eigenvalue weighted by Gasteiger charge is -2.30. The Balaban J connectivity index is 0.00000128. The van der Waals surface area contributed by atoms with Gasteiger partial charge in [0.15, 0.2) is 0 Å². The summed E-state index contributed by atoms with van der Waals surface area (Å²) in [6, 6.07) is 1.79. The Morgan fingerprint density at radius 2 is 2.00 bits per heavy atom. The third-order valence-corrected chi connectivity index (χ3v) is 2.70. The minimum absolute atomic E-state index is 0. The summed E-state index contributed by atoms with van der Waals surface area (Å²) < 4.78 is 0. The largest absolute Gasteiger partial charge is 0.342 e. The van der Waals surface area contributed by atoms with Crippen LogP contribution in [-0.2, 0) is 0 Å². The van der Waals surface area contributed by atoms with E-state index in [9.17, 15) is 4.79 Å². The second kappa shape index (κ2) is 6.83. The summed E-state index contributed by atoms with van der Waals surface area (Å²) in [6.45, 7) is 3.57. The van der Waals surface area contributed by atoms with Gasteiger partial charge in [0.2, 0.25) is 5.95 Å². The molecule has 1 saturated heterocycles. The molecule has 0 unspecified atom stereocenters. The van der Waals surface area contributed by atoms with Gasteiger partial charge in [-0.3, -0.25) is 9.78 Å². The minimum atomic E-state index is -0.0904. The molecular weight excluding hydrogens is 263 g/mol. The molecule has 0 aromatic carbocycles. The minimum Gasteiger partial charge on any atom is -0.342 e. The molecule has 2 rings (SSSR count). The zero-order chi connectivity index (χ0) is 10.8. The fourth-order valence-corrected chi connectivity index (χ4v) is 1.82. The third-order valence-electron chi connectivity index (χ3n) is 2.70. The molecule has 3 N–H and O–H groups in total. The molecule has 98 valence electrons. The highest BCUT2D eigenvalue weighted by Crippen LogP contribution is 2.13. The number of nitrogens with zero attached hydrogens (tertiary/aromatic N) is 2. The van der Waals surface area contributed by atoms with Crippen LogP contribution in [0.15, 0.2) is 10.9 Å². The molecule has 0 aliphatic carbocycles. The van der Waals surface area contributed by atoms with E-state index in [0.29, 0.717) is 5.95 Å². The van der Waals surface area contributed by atoms with E-state index >= 15 is 0 Å². The zero-order valence-corrected chi connectivity index (χ0v) is 11.3. The third kappa shape index (κ3) is 4.18. The van der Waals surface area contributed by atoms with Gasteiger partial charge in [0, 0.05) is 30.9 Å². The fraction of sp³-hybridized carbons (Fsp3) is 0.600. The predicted octanol–water partition coefficient (Wildman–Crippen LogP) is 0.849. The van der Waals surface area contributed by atoms with Crippen molar-refractivity contribution in [3.05, 3.63) is 22.1 Å². The summed E-state index contributed by atoms with van der Waals surface area (Å²) in [5, 5.41) is 0. The van der Waals surface area contributed by atoms with Crippen LogP contribution in [0.4, 0.5) is 5.95 Å². The Hall–Kier alpha value is -0.780. The molecule has 1 aliphatic rings. The fourth-order valence-electron chi connectivity index (χ4n) is 1.82. The number of hydrogen-bond acceptors (Lipinski definition) is 4. The Morgan fingerprint density at radius 1 is 1.41 bits per heavy atom. The molecule has 0 atom stereocenters. The van der Waals surface area contributed by atoms with Crippen molar-refractivity contribution in [3.8, 4) is 0 Å². The quantitative estimate of drug-likeness (QED) is 0.800. The van der Waals surface area contributed by atoms with E-state index in [1.165, 1.54) is 6.07 Å². The van der Waals surface area contributed by atoms with Crippen molar-refractivity contribution in [3.63, 3.8) is 0 Å². The number of aryl methyl sites for hydroxylation is 1. The summed E-state index contributed by atoms with van der Waals surface area (Å²) in [4.78, 5) is 20.4. The SMILES string of the molecule is Cc1cc(=O)[nH]c(N2CCC(N)CC2)n1.Cl.Cl. The predicted molar refractivity (Wildman–Crippen MR) is 73.5 cm³/mol. The maximum absolute atomic E-state index is 11.3. The standard InChI is InChI=1S/C10H16N4O.2ClH/c1-7-6-9(15)13-10(12-7)14-4-2-8(11)3-5-14;;/h6,8H,2-5,11H2,1H3,(H,12,13,15);2*1H. The smallest absolute Gasteiger partial charge is 0.252 e. The molecule has 0 spiro atoms. The van der Waals surface area contributed by atoms with Crippen molar-refractivity contribution in [1.82, 2.24) is 9.97 Å². The van der Waals surface area contributed by atoms with Crippen LogP contribution in [0, 0.1) is 6.92 Å². The van der Waals surface area contributed by atoms with Crippen LogP contribution >= 0.6 is 24.8 Å². The van der Waals surface area contributed by atoms with Crippen molar-refractivity contribution in [1.29, 1.82) is 0 Å². The first-order valence-corrected chi connectivity index (χ1v) is 5.23. The molecule has 0 amide bonds. The molecule has 1 fully saturated rings. The van der Waals surface area contributed by atoms with E-state index in [-0.39, 0.29) is 36.4 Å². The number of nitrogens with one attached hydrogen (secondary N) is 1. The van der Waals surface area contributed by atoms with Crippen LogP contribution in [0.1, 0.15) is 18.5 Å². The van der Waals surface area contributed by atoms with E-state index < -0.39 is 0 Å². The number of aromatic amines is 1. The van der Waals surface area contributed by atoms with Crippen LogP contribution in [0.2, 0.25) is 0 Å². The number of rotatable bonds is 1. The second-order valence-corrected chi connectivity index (χ2v) is 4.03. The van der Waals surface area contributed by atoms with Gasteiger partial charge < -0.3 is 10.6 Å². The lowest BCUT2D eigenvalue weighted by molar-refractivity contribution is 0.495. The highest BCUT2D eigenvalue weighted by atomic mass is 35.5. The Kier molecular flexibility index (Phi) is 6.52. The molecule has 1 aromatic rings. The van der Waals surface area contributed by atoms with Crippen molar-refractivity contribution in [2.24, 2.45) is 5.73 Å². The maximum Gasteiger partial charge on any atom is 0.252 e. The summed E-state index contributed by atoms with van der Waals surface area (Å²) in [7, 11) is 0. The molecule has 1 aliphatic heterocycles. The normalized spacial score (nSPS) is 16.0. The monoisotopic (exact) mass is 280 g/mol. The van der Waals surface area contributed by atoms with Crippen LogP contribution in [-0.4, -0.2) is 29.1 Å². The summed E-state index contributed by atoms with van der Waals surface area (Å²) in [6.07, 6.45) is 1.91. The first-order valence-electron chi connectivity index (χ1n) is 5.23. The lowest BCUT2D eigenvalue weighted by Crippen LogP contribution is -2.41. The molecular formula is C10H18Cl2N4O. The van der Waals surface area contributed by atoms with Crippen LogP contribution < -0.4 is 16.2 Å². The average molecular weight is 281 g/mol. The molecule has 0 bridgehead atoms. The van der Waals surface area contributed by atoms with E-state index in [1.807, 2.05) is 6.92 Å². The average Bonchev–Trinajstić information content (AvgIpc) is 2.17. The highest BCUT2D eigenvalue weighted by molar-refractivity contribution is 5.85. The van der Waals surface area contributed by atoms with Crippen LogP contribution in [0.3, 0.4) is 0 Å². The van der Waals surface area contributed by atoms with Crippen molar-refractivity contribution in [2.45, 2.75) is 25.8 Å². The molecule has 0 radical (unpaired) electrons. The Morgan fingerprint density at radius 3 is 2.53 bits per heavy atom. The van der Waals surface area contributed by atoms with Crippen LogP contribution in [0.5, 0.6) is 0 Å². The van der Waals surface area contributed by atoms with Crippen LogP contribution in [0.25, 0.3) is 0 Å². The number of anilines is 1. The van der Waals surface area contributed by atoms with Crippen molar-refractivity contribution in [2.75, 3.05) is 18.0 Å². The van der Waals surface area contributed by atoms with Gasteiger partial charge in [-0.15, -0.1) is 24.8 Å². The highest BCUT2D eigenvalue weighted by Gasteiger charge is 2.17. The second-order valence-electron chi connectivity index (χ2n) is 4.03. The van der Waals surface area contributed by atoms with E-state index in [2.05, 4.69) is 14.9 Å². The number of hydrogen-bond donors (Lipinski definition) is 2. The summed E-state index contributed by atoms with van der Waals surface area (Å²) in [5.74, 6) is 0.673. The summed E-state index contributed by atoms with van der Waals surface area (Å²) >= 11 is 0. The van der Waals surface area contributed by atoms with Gasteiger partial charge in [-0.1, -0.05) is 0 Å². The Bertz CT molecular complexity index is 402. The maximum atomic E-state index is 11.3. The van der Waals surface area contributed by atoms with Gasteiger partial charge in [0.1, 0.15) is 0 Å². The summed E-state index contributed by atoms with van der Waals surface area (Å²) in [5.41, 5.74) is 6.48. The van der Waals surface area contributed by atoms with Crippen molar-refractivity contribution >= 4 is 30.8 Å². The number of aromatic nitrogens is 2. The van der Waals surface area contributed by atoms with E-state index in [4.69, 9.17) is 5.73 Å². The van der Waals surface area contributed by atoms with Gasteiger partial charge in [0.25, 0.3) is 5.56 Å². The molecule has 7 heteroatoms. The van der Waals surface area contributed by atoms with Gasteiger partial charge in [-0.05, 0) is 19.8 Å². The first-order chi connectivity index (χ1) is 7.15. The first kappa shape index (κ1) is 16.2. The van der Waals surface area contributed by atoms with Crippen molar-refractivity contribution < 1.29 is 0 Å².